The summed E-state index contributed by atoms with van der Waals surface area (Å²) in [4.78, 5) is 0.584. The van der Waals surface area contributed by atoms with Gasteiger partial charge in [-0.3, -0.25) is 0 Å². The van der Waals surface area contributed by atoms with E-state index in [9.17, 15) is 8.78 Å². The number of epoxide rings is 1. The zero-order valence-corrected chi connectivity index (χ0v) is 9.97. The number of rotatable bonds is 1. The third-order valence-electron chi connectivity index (χ3n) is 2.40. The SMILES string of the molecule is Fc1ccc(F)c2c(Cl)c(C3OC3Cl)sc12. The molecule has 2 atom stereocenters. The van der Waals surface area contributed by atoms with E-state index < -0.39 is 17.2 Å². The monoisotopic (exact) mass is 280 g/mol. The Labute approximate surface area is 104 Å². The van der Waals surface area contributed by atoms with Crippen LogP contribution in [0.15, 0.2) is 12.1 Å². The second kappa shape index (κ2) is 3.53. The molecule has 1 saturated heterocycles. The number of alkyl halides is 1. The maximum Gasteiger partial charge on any atom is 0.163 e. The van der Waals surface area contributed by atoms with Gasteiger partial charge in [0.15, 0.2) is 5.56 Å². The minimum atomic E-state index is -0.532. The van der Waals surface area contributed by atoms with Gasteiger partial charge in [0.05, 0.1) is 20.0 Å². The van der Waals surface area contributed by atoms with Crippen molar-refractivity contribution in [2.45, 2.75) is 11.7 Å². The Morgan fingerprint density at radius 1 is 1.25 bits per heavy atom. The average molecular weight is 281 g/mol. The Kier molecular flexibility index (Phi) is 2.37. The van der Waals surface area contributed by atoms with Crippen molar-refractivity contribution < 1.29 is 13.5 Å². The van der Waals surface area contributed by atoms with Crippen molar-refractivity contribution in [2.24, 2.45) is 0 Å². The van der Waals surface area contributed by atoms with Gasteiger partial charge >= 0.3 is 0 Å². The summed E-state index contributed by atoms with van der Waals surface area (Å²) in [5.41, 5.74) is -0.448. The van der Waals surface area contributed by atoms with Crippen molar-refractivity contribution in [3.8, 4) is 0 Å². The average Bonchev–Trinajstić information content (AvgIpc) is 2.84. The van der Waals surface area contributed by atoms with Crippen LogP contribution in [0, 0.1) is 11.6 Å². The fourth-order valence-corrected chi connectivity index (χ4v) is 3.52. The molecule has 0 radical (unpaired) electrons. The Morgan fingerprint density at radius 3 is 2.44 bits per heavy atom. The molecule has 1 aromatic carbocycles. The molecule has 0 aliphatic carbocycles. The van der Waals surface area contributed by atoms with E-state index in [2.05, 4.69) is 0 Å². The van der Waals surface area contributed by atoms with Crippen molar-refractivity contribution in [2.75, 3.05) is 0 Å². The van der Waals surface area contributed by atoms with Crippen LogP contribution in [0.1, 0.15) is 11.0 Å². The molecule has 0 saturated carbocycles. The van der Waals surface area contributed by atoms with Crippen LogP contribution in [0.5, 0.6) is 0 Å². The third-order valence-corrected chi connectivity index (χ3v) is 4.50. The molecule has 16 heavy (non-hydrogen) atoms. The topological polar surface area (TPSA) is 12.5 Å². The van der Waals surface area contributed by atoms with Gasteiger partial charge in [-0.25, -0.2) is 8.78 Å². The normalized spacial score (nSPS) is 24.0. The molecule has 1 fully saturated rings. The zero-order valence-electron chi connectivity index (χ0n) is 7.64. The van der Waals surface area contributed by atoms with E-state index in [4.69, 9.17) is 27.9 Å². The van der Waals surface area contributed by atoms with Crippen LogP contribution >= 0.6 is 34.5 Å². The van der Waals surface area contributed by atoms with E-state index in [0.717, 1.165) is 23.5 Å². The Hall–Kier alpha value is -0.420. The summed E-state index contributed by atoms with van der Waals surface area (Å²) < 4.78 is 32.2. The lowest BCUT2D eigenvalue weighted by molar-refractivity contribution is 0.407. The van der Waals surface area contributed by atoms with Gasteiger partial charge in [0.1, 0.15) is 17.7 Å². The molecule has 0 bridgehead atoms. The zero-order chi connectivity index (χ0) is 11.4. The number of benzene rings is 1. The van der Waals surface area contributed by atoms with Gasteiger partial charge in [-0.15, -0.1) is 11.3 Å². The number of halogens is 4. The molecule has 1 nitrogen and oxygen atoms in total. The van der Waals surface area contributed by atoms with Gasteiger partial charge in [-0.05, 0) is 12.1 Å². The van der Waals surface area contributed by atoms with E-state index in [1.165, 1.54) is 0 Å². The summed E-state index contributed by atoms with van der Waals surface area (Å²) in [5, 5.41) is 0.311. The molecule has 2 unspecified atom stereocenters. The first kappa shape index (κ1) is 10.7. The van der Waals surface area contributed by atoms with Crippen molar-refractivity contribution in [1.29, 1.82) is 0 Å². The molecule has 0 amide bonds. The van der Waals surface area contributed by atoms with Crippen molar-refractivity contribution >= 4 is 44.6 Å². The largest absolute Gasteiger partial charge is 0.346 e. The molecule has 84 valence electrons. The first-order valence-corrected chi connectivity index (χ1v) is 6.08. The summed E-state index contributed by atoms with van der Waals surface area (Å²) in [6, 6.07) is 2.15. The van der Waals surface area contributed by atoms with Crippen LogP contribution in [0.25, 0.3) is 10.1 Å². The molecule has 3 rings (SSSR count). The van der Waals surface area contributed by atoms with Crippen LogP contribution in [-0.4, -0.2) is 5.56 Å². The molecule has 0 spiro atoms. The lowest BCUT2D eigenvalue weighted by Gasteiger charge is -1.94. The predicted octanol–water partition coefficient (Wildman–Crippen LogP) is 4.47. The van der Waals surface area contributed by atoms with E-state index >= 15 is 0 Å². The Bertz CT molecular complexity index is 584. The minimum Gasteiger partial charge on any atom is -0.346 e. The summed E-state index contributed by atoms with van der Waals surface area (Å²) in [5.74, 6) is -1.02. The summed E-state index contributed by atoms with van der Waals surface area (Å²) in [7, 11) is 0. The van der Waals surface area contributed by atoms with E-state index in [0.29, 0.717) is 4.88 Å². The molecule has 2 aromatic rings. The number of hydrogen-bond donors (Lipinski definition) is 0. The standard InChI is InChI=1S/C10H4Cl2F2OS/c11-6-5-3(13)1-2-4(14)8(5)16-9(6)7-10(12)15-7/h1-2,7,10H. The smallest absolute Gasteiger partial charge is 0.163 e. The first-order valence-electron chi connectivity index (χ1n) is 4.45. The van der Waals surface area contributed by atoms with Crippen LogP contribution in [0.2, 0.25) is 5.02 Å². The molecule has 0 N–H and O–H groups in total. The summed E-state index contributed by atoms with van der Waals surface area (Å²) in [6.07, 6.45) is -0.342. The first-order chi connectivity index (χ1) is 7.59. The quantitative estimate of drug-likeness (QED) is 0.555. The highest BCUT2D eigenvalue weighted by molar-refractivity contribution is 7.20. The van der Waals surface area contributed by atoms with Gasteiger partial charge in [0, 0.05) is 0 Å². The minimum absolute atomic E-state index is 0.112. The van der Waals surface area contributed by atoms with Crippen LogP contribution in [0.3, 0.4) is 0 Å². The van der Waals surface area contributed by atoms with Crippen LogP contribution in [-0.2, 0) is 4.74 Å². The molecular weight excluding hydrogens is 277 g/mol. The molecule has 1 aliphatic rings. The van der Waals surface area contributed by atoms with Gasteiger partial charge in [0.25, 0.3) is 0 Å². The second-order valence-corrected chi connectivity index (χ2v) is 5.28. The molecular formula is C10H4Cl2F2OS. The number of thiophene rings is 1. The number of fused-ring (bicyclic) bond motifs is 1. The fraction of sp³-hybridized carbons (Fsp3) is 0.200. The molecule has 1 aromatic heterocycles. The molecule has 1 aliphatic heterocycles. The number of hydrogen-bond acceptors (Lipinski definition) is 2. The van der Waals surface area contributed by atoms with Gasteiger partial charge in [0.2, 0.25) is 0 Å². The Balaban J connectivity index is 2.30. The van der Waals surface area contributed by atoms with Crippen LogP contribution < -0.4 is 0 Å². The highest BCUT2D eigenvalue weighted by Gasteiger charge is 2.42. The van der Waals surface area contributed by atoms with Gasteiger partial charge < -0.3 is 4.74 Å². The van der Waals surface area contributed by atoms with E-state index in [1.807, 2.05) is 0 Å². The molecule has 2 heterocycles. The summed E-state index contributed by atoms with van der Waals surface area (Å²) in [6.45, 7) is 0. The highest BCUT2D eigenvalue weighted by atomic mass is 35.5. The van der Waals surface area contributed by atoms with E-state index in [-0.39, 0.29) is 21.2 Å². The summed E-state index contributed by atoms with van der Waals surface area (Å²) >= 11 is 12.8. The van der Waals surface area contributed by atoms with Crippen molar-refractivity contribution in [1.82, 2.24) is 0 Å². The van der Waals surface area contributed by atoms with Crippen molar-refractivity contribution in [3.05, 3.63) is 33.7 Å². The number of ether oxygens (including phenoxy) is 1. The third kappa shape index (κ3) is 1.44. The second-order valence-electron chi connectivity index (χ2n) is 3.42. The maximum absolute atomic E-state index is 13.5. The maximum atomic E-state index is 13.5. The van der Waals surface area contributed by atoms with E-state index in [1.54, 1.807) is 0 Å². The highest BCUT2D eigenvalue weighted by Crippen LogP contribution is 2.50. The molecule has 6 heteroatoms. The van der Waals surface area contributed by atoms with Crippen LogP contribution in [0.4, 0.5) is 8.78 Å². The van der Waals surface area contributed by atoms with Gasteiger partial charge in [-0.1, -0.05) is 23.2 Å². The predicted molar refractivity (Wildman–Crippen MR) is 60.2 cm³/mol. The lowest BCUT2D eigenvalue weighted by atomic mass is 10.2. The van der Waals surface area contributed by atoms with Gasteiger partial charge in [-0.2, -0.15) is 0 Å². The fourth-order valence-electron chi connectivity index (χ4n) is 1.57. The Morgan fingerprint density at radius 2 is 1.88 bits per heavy atom. The van der Waals surface area contributed by atoms with Crippen molar-refractivity contribution in [3.63, 3.8) is 0 Å². The lowest BCUT2D eigenvalue weighted by Crippen LogP contribution is -1.80.